The van der Waals surface area contributed by atoms with Crippen LogP contribution in [0.4, 0.5) is 5.69 Å². The second-order valence-electron chi connectivity index (χ2n) is 5.18. The average Bonchev–Trinajstić information content (AvgIpc) is 3.08. The molecule has 0 saturated carbocycles. The number of nitrogens with one attached hydrogen (secondary N) is 1. The molecule has 0 saturated heterocycles. The van der Waals surface area contributed by atoms with E-state index in [1.165, 1.54) is 6.92 Å². The van der Waals surface area contributed by atoms with Crippen LogP contribution in [0.25, 0.3) is 11.1 Å². The summed E-state index contributed by atoms with van der Waals surface area (Å²) in [5.74, 6) is 0.630. The zero-order chi connectivity index (χ0) is 16.1. The maximum absolute atomic E-state index is 11.2. The SMILES string of the molecule is CC(=O)Nc1ccc(OCc2ccccc2)c(-c2ccoc2)c1. The minimum atomic E-state index is -0.110. The number of carbonyl (C=O) groups is 1. The molecule has 116 valence electrons. The van der Waals surface area contributed by atoms with E-state index in [1.807, 2.05) is 54.6 Å². The molecular weight excluding hydrogens is 290 g/mol. The molecule has 3 aromatic rings. The van der Waals surface area contributed by atoms with E-state index >= 15 is 0 Å². The monoisotopic (exact) mass is 307 g/mol. The number of benzene rings is 2. The molecule has 4 heteroatoms. The van der Waals surface area contributed by atoms with E-state index in [0.717, 1.165) is 28.1 Å². The Labute approximate surface area is 134 Å². The summed E-state index contributed by atoms with van der Waals surface area (Å²) >= 11 is 0. The highest BCUT2D eigenvalue weighted by Crippen LogP contribution is 2.33. The molecule has 1 aromatic heterocycles. The first kappa shape index (κ1) is 14.9. The first-order chi connectivity index (χ1) is 11.2. The summed E-state index contributed by atoms with van der Waals surface area (Å²) < 4.78 is 11.1. The molecular formula is C19H17NO3. The van der Waals surface area contributed by atoms with Crippen molar-refractivity contribution in [3.8, 4) is 16.9 Å². The molecule has 0 radical (unpaired) electrons. The Morgan fingerprint density at radius 2 is 1.96 bits per heavy atom. The van der Waals surface area contributed by atoms with Gasteiger partial charge in [0.25, 0.3) is 0 Å². The summed E-state index contributed by atoms with van der Waals surface area (Å²) in [6, 6.07) is 17.4. The van der Waals surface area contributed by atoms with Gasteiger partial charge in [-0.05, 0) is 29.8 Å². The fourth-order valence-electron chi connectivity index (χ4n) is 2.32. The van der Waals surface area contributed by atoms with E-state index in [4.69, 9.17) is 9.15 Å². The van der Waals surface area contributed by atoms with Crippen molar-refractivity contribution in [3.63, 3.8) is 0 Å². The van der Waals surface area contributed by atoms with Gasteiger partial charge in [-0.3, -0.25) is 4.79 Å². The molecule has 1 N–H and O–H groups in total. The Bertz CT molecular complexity index is 780. The summed E-state index contributed by atoms with van der Waals surface area (Å²) in [7, 11) is 0. The summed E-state index contributed by atoms with van der Waals surface area (Å²) in [6.07, 6.45) is 3.27. The lowest BCUT2D eigenvalue weighted by atomic mass is 10.1. The number of hydrogen-bond acceptors (Lipinski definition) is 3. The quantitative estimate of drug-likeness (QED) is 0.756. The normalized spacial score (nSPS) is 10.3. The standard InChI is InChI=1S/C19H17NO3/c1-14(21)20-17-7-8-19(18(11-17)16-9-10-22-13-16)23-12-15-5-3-2-4-6-15/h2-11,13H,12H2,1H3,(H,20,21). The van der Waals surface area contributed by atoms with Gasteiger partial charge in [-0.15, -0.1) is 0 Å². The van der Waals surface area contributed by atoms with Crippen molar-refractivity contribution >= 4 is 11.6 Å². The number of hydrogen-bond donors (Lipinski definition) is 1. The summed E-state index contributed by atoms with van der Waals surface area (Å²) in [4.78, 5) is 11.2. The third kappa shape index (κ3) is 3.80. The van der Waals surface area contributed by atoms with Crippen molar-refractivity contribution < 1.29 is 13.9 Å². The molecule has 0 unspecified atom stereocenters. The van der Waals surface area contributed by atoms with Gasteiger partial charge < -0.3 is 14.5 Å². The van der Waals surface area contributed by atoms with Crippen molar-refractivity contribution in [1.29, 1.82) is 0 Å². The Morgan fingerprint density at radius 3 is 2.65 bits per heavy atom. The maximum atomic E-state index is 11.2. The Hall–Kier alpha value is -3.01. The first-order valence-electron chi connectivity index (χ1n) is 7.33. The van der Waals surface area contributed by atoms with Crippen LogP contribution in [0.15, 0.2) is 71.5 Å². The molecule has 1 heterocycles. The Balaban J connectivity index is 1.87. The highest BCUT2D eigenvalue weighted by atomic mass is 16.5. The first-order valence-corrected chi connectivity index (χ1v) is 7.33. The van der Waals surface area contributed by atoms with Crippen LogP contribution in [-0.4, -0.2) is 5.91 Å². The fraction of sp³-hybridized carbons (Fsp3) is 0.105. The van der Waals surface area contributed by atoms with Crippen molar-refractivity contribution in [2.75, 3.05) is 5.32 Å². The van der Waals surface area contributed by atoms with Crippen LogP contribution in [0, 0.1) is 0 Å². The number of ether oxygens (including phenoxy) is 1. The lowest BCUT2D eigenvalue weighted by Gasteiger charge is -2.13. The number of rotatable bonds is 5. The van der Waals surface area contributed by atoms with Crippen LogP contribution >= 0.6 is 0 Å². The zero-order valence-electron chi connectivity index (χ0n) is 12.8. The van der Waals surface area contributed by atoms with Gasteiger partial charge in [0.05, 0.1) is 12.5 Å². The van der Waals surface area contributed by atoms with Crippen LogP contribution in [0.2, 0.25) is 0 Å². The molecule has 0 aliphatic carbocycles. The molecule has 0 bridgehead atoms. The van der Waals surface area contributed by atoms with Gasteiger partial charge in [0.1, 0.15) is 12.4 Å². The molecule has 3 rings (SSSR count). The molecule has 0 spiro atoms. The van der Waals surface area contributed by atoms with E-state index in [0.29, 0.717) is 6.61 Å². The molecule has 23 heavy (non-hydrogen) atoms. The van der Waals surface area contributed by atoms with Crippen LogP contribution in [0.5, 0.6) is 5.75 Å². The van der Waals surface area contributed by atoms with Gasteiger partial charge in [0.15, 0.2) is 0 Å². The third-order valence-electron chi connectivity index (χ3n) is 3.37. The van der Waals surface area contributed by atoms with Crippen molar-refractivity contribution in [3.05, 3.63) is 72.7 Å². The smallest absolute Gasteiger partial charge is 0.221 e. The number of anilines is 1. The Morgan fingerprint density at radius 1 is 1.13 bits per heavy atom. The van der Waals surface area contributed by atoms with Gasteiger partial charge in [0.2, 0.25) is 5.91 Å². The molecule has 0 fully saturated rings. The van der Waals surface area contributed by atoms with E-state index < -0.39 is 0 Å². The fourth-order valence-corrected chi connectivity index (χ4v) is 2.32. The van der Waals surface area contributed by atoms with Crippen molar-refractivity contribution in [2.45, 2.75) is 13.5 Å². The van der Waals surface area contributed by atoms with Gasteiger partial charge >= 0.3 is 0 Å². The molecule has 4 nitrogen and oxygen atoms in total. The predicted molar refractivity (Wildman–Crippen MR) is 89.2 cm³/mol. The summed E-state index contributed by atoms with van der Waals surface area (Å²) in [5, 5.41) is 2.78. The average molecular weight is 307 g/mol. The predicted octanol–water partition coefficient (Wildman–Crippen LogP) is 4.48. The van der Waals surface area contributed by atoms with Gasteiger partial charge in [-0.25, -0.2) is 0 Å². The van der Waals surface area contributed by atoms with E-state index in [-0.39, 0.29) is 5.91 Å². The number of furan rings is 1. The van der Waals surface area contributed by atoms with Gasteiger partial charge in [-0.1, -0.05) is 30.3 Å². The van der Waals surface area contributed by atoms with Crippen molar-refractivity contribution in [2.24, 2.45) is 0 Å². The van der Waals surface area contributed by atoms with E-state index in [9.17, 15) is 4.79 Å². The number of carbonyl (C=O) groups excluding carboxylic acids is 1. The Kier molecular flexibility index (Phi) is 4.43. The van der Waals surface area contributed by atoms with E-state index in [2.05, 4.69) is 5.32 Å². The topological polar surface area (TPSA) is 51.5 Å². The zero-order valence-corrected chi connectivity index (χ0v) is 12.8. The van der Waals surface area contributed by atoms with Crippen LogP contribution in [0.3, 0.4) is 0 Å². The lowest BCUT2D eigenvalue weighted by Crippen LogP contribution is -2.06. The molecule has 1 amide bonds. The highest BCUT2D eigenvalue weighted by molar-refractivity contribution is 5.90. The van der Waals surface area contributed by atoms with Crippen LogP contribution in [-0.2, 0) is 11.4 Å². The molecule has 2 aromatic carbocycles. The minimum Gasteiger partial charge on any atom is -0.488 e. The maximum Gasteiger partial charge on any atom is 0.221 e. The largest absolute Gasteiger partial charge is 0.488 e. The summed E-state index contributed by atoms with van der Waals surface area (Å²) in [6.45, 7) is 1.96. The second kappa shape index (κ2) is 6.83. The molecule has 0 aliphatic rings. The second-order valence-corrected chi connectivity index (χ2v) is 5.18. The highest BCUT2D eigenvalue weighted by Gasteiger charge is 2.10. The van der Waals surface area contributed by atoms with Crippen LogP contribution < -0.4 is 10.1 Å². The minimum absolute atomic E-state index is 0.110. The summed E-state index contributed by atoms with van der Waals surface area (Å²) in [5.41, 5.74) is 3.60. The van der Waals surface area contributed by atoms with Crippen molar-refractivity contribution in [1.82, 2.24) is 0 Å². The van der Waals surface area contributed by atoms with Gasteiger partial charge in [0, 0.05) is 23.7 Å². The molecule has 0 aliphatic heterocycles. The number of amides is 1. The van der Waals surface area contributed by atoms with Gasteiger partial charge in [-0.2, -0.15) is 0 Å². The third-order valence-corrected chi connectivity index (χ3v) is 3.37. The lowest BCUT2D eigenvalue weighted by molar-refractivity contribution is -0.114. The molecule has 0 atom stereocenters. The van der Waals surface area contributed by atoms with E-state index in [1.54, 1.807) is 12.5 Å². The van der Waals surface area contributed by atoms with Crippen LogP contribution in [0.1, 0.15) is 12.5 Å².